The zero-order chi connectivity index (χ0) is 16.0. The van der Waals surface area contributed by atoms with E-state index < -0.39 is 0 Å². The molecule has 4 heteroatoms. The number of nitrogens with zero attached hydrogens (tertiary/aromatic N) is 1. The average Bonchev–Trinajstić information content (AvgIpc) is 2.44. The first-order chi connectivity index (χ1) is 9.81. The molecule has 1 aliphatic carbocycles. The Morgan fingerprint density at radius 1 is 1.18 bits per heavy atom. The molecule has 0 spiro atoms. The summed E-state index contributed by atoms with van der Waals surface area (Å²) in [7, 11) is 2.21. The quantitative estimate of drug-likeness (QED) is 0.447. The molecule has 0 heterocycles. The van der Waals surface area contributed by atoms with Gasteiger partial charge in [0.15, 0.2) is 0 Å². The van der Waals surface area contributed by atoms with Gasteiger partial charge in [-0.05, 0) is 44.4 Å². The Morgan fingerprint density at radius 3 is 2.27 bits per heavy atom. The topological polar surface area (TPSA) is 29.5 Å². The van der Waals surface area contributed by atoms with Crippen LogP contribution in [0.15, 0.2) is 0 Å². The Hall–Kier alpha value is 0.610. The maximum absolute atomic E-state index is 10.3. The fourth-order valence-corrected chi connectivity index (χ4v) is 3.58. The summed E-state index contributed by atoms with van der Waals surface area (Å²) in [5.41, 5.74) is 0. The first-order valence-corrected chi connectivity index (χ1v) is 8.94. The van der Waals surface area contributed by atoms with Crippen molar-refractivity contribution >= 4 is 0 Å². The number of ether oxygens (including phenoxy) is 1. The summed E-state index contributed by atoms with van der Waals surface area (Å²) >= 11 is 0. The number of halogens is 1. The van der Waals surface area contributed by atoms with Gasteiger partial charge in [0.05, 0.1) is 32.8 Å². The highest BCUT2D eigenvalue weighted by Gasteiger charge is 2.32. The molecule has 0 bridgehead atoms. The van der Waals surface area contributed by atoms with E-state index in [1.165, 1.54) is 12.8 Å². The van der Waals surface area contributed by atoms with E-state index >= 15 is 0 Å². The molecule has 0 aromatic carbocycles. The molecule has 1 N–H and O–H groups in total. The lowest BCUT2D eigenvalue weighted by Crippen LogP contribution is -3.00. The smallest absolute Gasteiger partial charge is 0.126 e. The van der Waals surface area contributed by atoms with Crippen LogP contribution in [0.2, 0.25) is 0 Å². The van der Waals surface area contributed by atoms with Gasteiger partial charge in [0, 0.05) is 0 Å². The number of rotatable bonds is 8. The van der Waals surface area contributed by atoms with E-state index in [0.717, 1.165) is 36.5 Å². The van der Waals surface area contributed by atoms with E-state index in [1.807, 2.05) is 0 Å². The fourth-order valence-electron chi connectivity index (χ4n) is 3.58. The lowest BCUT2D eigenvalue weighted by molar-refractivity contribution is -0.909. The normalized spacial score (nSPS) is 27.5. The van der Waals surface area contributed by atoms with Crippen LogP contribution < -0.4 is 24.0 Å². The summed E-state index contributed by atoms with van der Waals surface area (Å²) in [6.45, 7) is 14.7. The lowest BCUT2D eigenvalue weighted by atomic mass is 9.75. The second-order valence-corrected chi connectivity index (χ2v) is 7.79. The van der Waals surface area contributed by atoms with Gasteiger partial charge >= 0.3 is 0 Å². The summed E-state index contributed by atoms with van der Waals surface area (Å²) in [6.07, 6.45) is 3.75. The first-order valence-electron chi connectivity index (χ1n) is 8.94. The molecule has 22 heavy (non-hydrogen) atoms. The van der Waals surface area contributed by atoms with E-state index in [4.69, 9.17) is 4.74 Å². The summed E-state index contributed by atoms with van der Waals surface area (Å²) in [5.74, 6) is 2.09. The van der Waals surface area contributed by atoms with Gasteiger partial charge in [0.2, 0.25) is 0 Å². The van der Waals surface area contributed by atoms with E-state index in [-0.39, 0.29) is 30.1 Å². The van der Waals surface area contributed by atoms with Gasteiger partial charge in [-0.25, -0.2) is 0 Å². The summed E-state index contributed by atoms with van der Waals surface area (Å²) in [5, 5.41) is 10.3. The highest BCUT2D eigenvalue weighted by atomic mass is 127. The van der Waals surface area contributed by atoms with Crippen molar-refractivity contribution in [3.63, 3.8) is 0 Å². The van der Waals surface area contributed by atoms with Crippen LogP contribution in [0.5, 0.6) is 0 Å². The second kappa shape index (κ2) is 10.5. The molecule has 4 unspecified atom stereocenters. The van der Waals surface area contributed by atoms with Gasteiger partial charge in [-0.1, -0.05) is 27.2 Å². The fraction of sp³-hybridized carbons (Fsp3) is 1.00. The summed E-state index contributed by atoms with van der Waals surface area (Å²) in [6, 6.07) is 0. The van der Waals surface area contributed by atoms with Crippen molar-refractivity contribution in [2.75, 3.05) is 33.3 Å². The van der Waals surface area contributed by atoms with Gasteiger partial charge < -0.3 is 38.3 Å². The van der Waals surface area contributed by atoms with Crippen LogP contribution in [-0.4, -0.2) is 55.1 Å². The minimum absolute atomic E-state index is 0. The molecule has 0 radical (unpaired) electrons. The Balaban J connectivity index is 0.00000441. The molecule has 0 saturated heterocycles. The average molecular weight is 427 g/mol. The second-order valence-electron chi connectivity index (χ2n) is 7.79. The number of quaternary nitrogens is 1. The van der Waals surface area contributed by atoms with Crippen LogP contribution in [0.1, 0.15) is 53.9 Å². The highest BCUT2D eigenvalue weighted by Crippen LogP contribution is 2.35. The predicted molar refractivity (Wildman–Crippen MR) is 89.2 cm³/mol. The minimum atomic E-state index is -0.347. The van der Waals surface area contributed by atoms with Crippen LogP contribution in [0.4, 0.5) is 0 Å². The zero-order valence-electron chi connectivity index (χ0n) is 15.5. The van der Waals surface area contributed by atoms with Crippen LogP contribution in [0.25, 0.3) is 0 Å². The molecular formula is C18H38INO2. The van der Waals surface area contributed by atoms with Gasteiger partial charge in [0.1, 0.15) is 12.6 Å². The molecule has 0 amide bonds. The van der Waals surface area contributed by atoms with Crippen molar-refractivity contribution in [2.45, 2.75) is 66.1 Å². The third-order valence-electron chi connectivity index (χ3n) is 5.64. The predicted octanol–water partition coefficient (Wildman–Crippen LogP) is 0.315. The van der Waals surface area contributed by atoms with Gasteiger partial charge in [-0.2, -0.15) is 0 Å². The standard InChI is InChI=1S/C18H38NO2.HI/c1-7-19(6,8-2)12-16(20)13-21-18-11-15(5)9-10-17(18)14(3)4;/h14-18,20H,7-13H2,1-6H3;1H/q+1;/p-1. The Labute approximate surface area is 155 Å². The molecule has 3 nitrogen and oxygen atoms in total. The molecule has 1 fully saturated rings. The maximum Gasteiger partial charge on any atom is 0.126 e. The molecular weight excluding hydrogens is 389 g/mol. The van der Waals surface area contributed by atoms with Crippen molar-refractivity contribution < 1.29 is 38.3 Å². The van der Waals surface area contributed by atoms with Crippen LogP contribution in [0.3, 0.4) is 0 Å². The largest absolute Gasteiger partial charge is 1.00 e. The van der Waals surface area contributed by atoms with Crippen LogP contribution in [-0.2, 0) is 4.74 Å². The molecule has 0 aliphatic heterocycles. The molecule has 1 aliphatic rings. The van der Waals surface area contributed by atoms with Crippen molar-refractivity contribution in [3.05, 3.63) is 0 Å². The van der Waals surface area contributed by atoms with Crippen molar-refractivity contribution in [1.82, 2.24) is 0 Å². The van der Waals surface area contributed by atoms with Gasteiger partial charge in [0.25, 0.3) is 0 Å². The zero-order valence-corrected chi connectivity index (χ0v) is 17.7. The van der Waals surface area contributed by atoms with Crippen LogP contribution in [0, 0.1) is 17.8 Å². The van der Waals surface area contributed by atoms with E-state index in [2.05, 4.69) is 41.7 Å². The van der Waals surface area contributed by atoms with Crippen molar-refractivity contribution in [2.24, 2.45) is 17.8 Å². The van der Waals surface area contributed by atoms with E-state index in [9.17, 15) is 5.11 Å². The molecule has 4 atom stereocenters. The lowest BCUT2D eigenvalue weighted by Gasteiger charge is -2.38. The van der Waals surface area contributed by atoms with Crippen LogP contribution >= 0.6 is 0 Å². The van der Waals surface area contributed by atoms with Gasteiger partial charge in [-0.15, -0.1) is 0 Å². The van der Waals surface area contributed by atoms with E-state index in [0.29, 0.717) is 24.5 Å². The summed E-state index contributed by atoms with van der Waals surface area (Å²) < 4.78 is 7.08. The monoisotopic (exact) mass is 427 g/mol. The molecule has 1 saturated carbocycles. The number of hydrogen-bond donors (Lipinski definition) is 1. The number of likely N-dealkylation sites (N-methyl/N-ethyl adjacent to an activating group) is 1. The number of hydrogen-bond acceptors (Lipinski definition) is 2. The van der Waals surface area contributed by atoms with Crippen molar-refractivity contribution in [3.8, 4) is 0 Å². The molecule has 0 aromatic heterocycles. The molecule has 0 aromatic rings. The maximum atomic E-state index is 10.3. The first kappa shape index (κ1) is 22.6. The minimum Gasteiger partial charge on any atom is -1.00 e. The molecule has 134 valence electrons. The van der Waals surface area contributed by atoms with E-state index in [1.54, 1.807) is 0 Å². The van der Waals surface area contributed by atoms with Gasteiger partial charge in [-0.3, -0.25) is 0 Å². The number of aliphatic hydroxyl groups is 1. The Bertz CT molecular complexity index is 295. The SMILES string of the molecule is CC[N+](C)(CC)CC(O)COC1CC(C)CCC1C(C)C.[I-]. The Kier molecular flexibility index (Phi) is 10.8. The highest BCUT2D eigenvalue weighted by molar-refractivity contribution is 4.81. The third-order valence-corrected chi connectivity index (χ3v) is 5.64. The molecule has 1 rings (SSSR count). The third kappa shape index (κ3) is 7.02. The van der Waals surface area contributed by atoms with Crippen molar-refractivity contribution in [1.29, 1.82) is 0 Å². The summed E-state index contributed by atoms with van der Waals surface area (Å²) in [4.78, 5) is 0. The number of aliphatic hydroxyl groups excluding tert-OH is 1. The Morgan fingerprint density at radius 2 is 1.77 bits per heavy atom.